The molecule has 1 N–H and O–H groups in total. The molecule has 1 amide bonds. The highest BCUT2D eigenvalue weighted by Crippen LogP contribution is 2.34. The molecule has 0 aromatic heterocycles. The zero-order valence-electron chi connectivity index (χ0n) is 11.2. The SMILES string of the molecule is CC(C)c1cccc(C(C)C)c1N(C)C(=O)O. The second-order valence-corrected chi connectivity index (χ2v) is 4.94. The van der Waals surface area contributed by atoms with E-state index in [-0.39, 0.29) is 0 Å². The largest absolute Gasteiger partial charge is 0.465 e. The van der Waals surface area contributed by atoms with E-state index in [9.17, 15) is 9.90 Å². The van der Waals surface area contributed by atoms with Gasteiger partial charge in [-0.05, 0) is 23.0 Å². The van der Waals surface area contributed by atoms with Gasteiger partial charge in [-0.3, -0.25) is 4.90 Å². The van der Waals surface area contributed by atoms with Crippen LogP contribution in [0.15, 0.2) is 18.2 Å². The normalized spacial score (nSPS) is 11.0. The van der Waals surface area contributed by atoms with Gasteiger partial charge in [-0.1, -0.05) is 45.9 Å². The van der Waals surface area contributed by atoms with Gasteiger partial charge < -0.3 is 5.11 Å². The molecule has 0 aliphatic rings. The number of amides is 1. The van der Waals surface area contributed by atoms with Gasteiger partial charge in [0.2, 0.25) is 0 Å². The van der Waals surface area contributed by atoms with Crippen molar-refractivity contribution in [1.82, 2.24) is 0 Å². The summed E-state index contributed by atoms with van der Waals surface area (Å²) in [5.74, 6) is 0.621. The summed E-state index contributed by atoms with van der Waals surface area (Å²) in [7, 11) is 1.61. The van der Waals surface area contributed by atoms with E-state index in [4.69, 9.17) is 0 Å². The van der Waals surface area contributed by atoms with E-state index < -0.39 is 6.09 Å². The molecule has 0 radical (unpaired) electrons. The number of rotatable bonds is 3. The molecular weight excluding hydrogens is 214 g/mol. The number of benzene rings is 1. The summed E-state index contributed by atoms with van der Waals surface area (Å²) in [6.45, 7) is 8.33. The topological polar surface area (TPSA) is 40.5 Å². The first-order chi connectivity index (χ1) is 7.86. The molecule has 3 nitrogen and oxygen atoms in total. The van der Waals surface area contributed by atoms with E-state index in [0.29, 0.717) is 11.8 Å². The zero-order chi connectivity index (χ0) is 13.2. The lowest BCUT2D eigenvalue weighted by atomic mass is 9.92. The molecule has 0 atom stereocenters. The van der Waals surface area contributed by atoms with Crippen molar-refractivity contribution in [2.24, 2.45) is 0 Å². The Balaban J connectivity index is 3.43. The number of carbonyl (C=O) groups is 1. The molecule has 1 aromatic rings. The van der Waals surface area contributed by atoms with Gasteiger partial charge >= 0.3 is 6.09 Å². The highest BCUT2D eigenvalue weighted by Gasteiger charge is 2.20. The van der Waals surface area contributed by atoms with Crippen LogP contribution in [0.4, 0.5) is 10.5 Å². The van der Waals surface area contributed by atoms with Crippen molar-refractivity contribution in [1.29, 1.82) is 0 Å². The van der Waals surface area contributed by atoms with E-state index in [1.54, 1.807) is 7.05 Å². The van der Waals surface area contributed by atoms with Gasteiger partial charge in [0.25, 0.3) is 0 Å². The Morgan fingerprint density at radius 3 is 1.82 bits per heavy atom. The van der Waals surface area contributed by atoms with Crippen molar-refractivity contribution in [2.45, 2.75) is 39.5 Å². The van der Waals surface area contributed by atoms with Crippen LogP contribution in [-0.2, 0) is 0 Å². The van der Waals surface area contributed by atoms with Crippen molar-refractivity contribution < 1.29 is 9.90 Å². The molecule has 0 saturated heterocycles. The lowest BCUT2D eigenvalue weighted by Crippen LogP contribution is -2.26. The Hall–Kier alpha value is -1.51. The standard InChI is InChI=1S/C14H21NO2/c1-9(2)11-7-6-8-12(10(3)4)13(11)15(5)14(16)17/h6-10H,1-5H3,(H,16,17). The predicted octanol–water partition coefficient (Wildman–Crippen LogP) is 4.05. The average molecular weight is 235 g/mol. The van der Waals surface area contributed by atoms with Gasteiger partial charge in [0, 0.05) is 7.05 Å². The van der Waals surface area contributed by atoms with Gasteiger partial charge in [-0.15, -0.1) is 0 Å². The molecule has 94 valence electrons. The molecule has 1 rings (SSSR count). The average Bonchev–Trinajstić information content (AvgIpc) is 2.26. The predicted molar refractivity (Wildman–Crippen MR) is 71.0 cm³/mol. The maximum absolute atomic E-state index is 11.2. The molecule has 0 heterocycles. The van der Waals surface area contributed by atoms with Gasteiger partial charge in [0.05, 0.1) is 5.69 Å². The third-order valence-electron chi connectivity index (χ3n) is 2.96. The Kier molecular flexibility index (Phi) is 4.16. The molecule has 0 aliphatic heterocycles. The molecule has 3 heteroatoms. The maximum atomic E-state index is 11.2. The number of hydrogen-bond acceptors (Lipinski definition) is 1. The fourth-order valence-corrected chi connectivity index (χ4v) is 1.99. The van der Waals surface area contributed by atoms with Gasteiger partial charge in [0.15, 0.2) is 0 Å². The highest BCUT2D eigenvalue weighted by atomic mass is 16.4. The summed E-state index contributed by atoms with van der Waals surface area (Å²) >= 11 is 0. The molecule has 1 aromatic carbocycles. The van der Waals surface area contributed by atoms with E-state index in [1.165, 1.54) is 4.90 Å². The molecule has 0 fully saturated rings. The lowest BCUT2D eigenvalue weighted by Gasteiger charge is -2.24. The van der Waals surface area contributed by atoms with Crippen LogP contribution in [0.5, 0.6) is 0 Å². The molecule has 0 unspecified atom stereocenters. The molecule has 0 spiro atoms. The summed E-state index contributed by atoms with van der Waals surface area (Å²) in [6.07, 6.45) is -0.917. The van der Waals surface area contributed by atoms with Crippen molar-refractivity contribution in [3.63, 3.8) is 0 Å². The summed E-state index contributed by atoms with van der Waals surface area (Å²) < 4.78 is 0. The fraction of sp³-hybridized carbons (Fsp3) is 0.500. The number of hydrogen-bond donors (Lipinski definition) is 1. The molecule has 0 bridgehead atoms. The first-order valence-electron chi connectivity index (χ1n) is 5.95. The monoisotopic (exact) mass is 235 g/mol. The number of anilines is 1. The summed E-state index contributed by atoms with van der Waals surface area (Å²) in [4.78, 5) is 12.5. The van der Waals surface area contributed by atoms with E-state index in [2.05, 4.69) is 27.7 Å². The summed E-state index contributed by atoms with van der Waals surface area (Å²) in [6, 6.07) is 6.01. The highest BCUT2D eigenvalue weighted by molar-refractivity contribution is 5.88. The van der Waals surface area contributed by atoms with Crippen molar-refractivity contribution in [3.05, 3.63) is 29.3 Å². The Morgan fingerprint density at radius 2 is 1.53 bits per heavy atom. The van der Waals surface area contributed by atoms with Crippen LogP contribution < -0.4 is 4.90 Å². The van der Waals surface area contributed by atoms with E-state index in [1.807, 2.05) is 18.2 Å². The maximum Gasteiger partial charge on any atom is 0.411 e. The summed E-state index contributed by atoms with van der Waals surface area (Å²) in [5.41, 5.74) is 3.01. The molecule has 0 saturated carbocycles. The van der Waals surface area contributed by atoms with Crippen molar-refractivity contribution in [3.8, 4) is 0 Å². The van der Waals surface area contributed by atoms with Gasteiger partial charge in [0.1, 0.15) is 0 Å². The number of carboxylic acid groups (broad SMARTS) is 1. The second kappa shape index (κ2) is 5.21. The van der Waals surface area contributed by atoms with Crippen LogP contribution >= 0.6 is 0 Å². The van der Waals surface area contributed by atoms with Gasteiger partial charge in [-0.25, -0.2) is 4.79 Å². The first kappa shape index (κ1) is 13.6. The summed E-state index contributed by atoms with van der Waals surface area (Å²) in [5, 5.41) is 9.17. The quantitative estimate of drug-likeness (QED) is 0.858. The zero-order valence-corrected chi connectivity index (χ0v) is 11.2. The minimum atomic E-state index is -0.917. The second-order valence-electron chi connectivity index (χ2n) is 4.94. The van der Waals surface area contributed by atoms with E-state index in [0.717, 1.165) is 16.8 Å². The molecule has 17 heavy (non-hydrogen) atoms. The third-order valence-corrected chi connectivity index (χ3v) is 2.96. The Bertz CT molecular complexity index is 384. The Labute approximate surface area is 103 Å². The minimum absolute atomic E-state index is 0.311. The lowest BCUT2D eigenvalue weighted by molar-refractivity contribution is 0.203. The minimum Gasteiger partial charge on any atom is -0.465 e. The smallest absolute Gasteiger partial charge is 0.411 e. The Morgan fingerprint density at radius 1 is 1.12 bits per heavy atom. The van der Waals surface area contributed by atoms with Crippen LogP contribution in [0.3, 0.4) is 0 Å². The van der Waals surface area contributed by atoms with Crippen LogP contribution in [-0.4, -0.2) is 18.2 Å². The third kappa shape index (κ3) is 2.78. The van der Waals surface area contributed by atoms with Crippen LogP contribution in [0.1, 0.15) is 50.7 Å². The van der Waals surface area contributed by atoms with Crippen molar-refractivity contribution in [2.75, 3.05) is 11.9 Å². The fourth-order valence-electron chi connectivity index (χ4n) is 1.99. The van der Waals surface area contributed by atoms with Crippen LogP contribution in [0.2, 0.25) is 0 Å². The van der Waals surface area contributed by atoms with Gasteiger partial charge in [-0.2, -0.15) is 0 Å². The number of para-hydroxylation sites is 1. The van der Waals surface area contributed by atoms with Crippen LogP contribution in [0.25, 0.3) is 0 Å². The first-order valence-corrected chi connectivity index (χ1v) is 5.95. The molecule has 0 aliphatic carbocycles. The van der Waals surface area contributed by atoms with Crippen LogP contribution in [0, 0.1) is 0 Å². The number of nitrogens with zero attached hydrogens (tertiary/aromatic N) is 1. The van der Waals surface area contributed by atoms with Crippen molar-refractivity contribution >= 4 is 11.8 Å². The molecular formula is C14H21NO2. The van der Waals surface area contributed by atoms with E-state index >= 15 is 0 Å².